The van der Waals surface area contributed by atoms with Gasteiger partial charge in [-0.2, -0.15) is 0 Å². The highest BCUT2D eigenvalue weighted by Gasteiger charge is 2.61. The summed E-state index contributed by atoms with van der Waals surface area (Å²) in [6.45, 7) is 0. The average molecular weight is 389 g/mol. The highest BCUT2D eigenvalue weighted by Crippen LogP contribution is 2.54. The van der Waals surface area contributed by atoms with E-state index in [1.807, 2.05) is 0 Å². The Morgan fingerprint density at radius 2 is 1.74 bits per heavy atom. The van der Waals surface area contributed by atoms with E-state index in [4.69, 9.17) is 25.9 Å². The van der Waals surface area contributed by atoms with Gasteiger partial charge < -0.3 is 29.6 Å². The molecule has 0 fully saturated rings. The lowest BCUT2D eigenvalue weighted by molar-refractivity contribution is -0.364. The lowest BCUT2D eigenvalue weighted by atomic mass is 9.90. The van der Waals surface area contributed by atoms with Crippen LogP contribution in [0.2, 0.25) is 5.02 Å². The average Bonchev–Trinajstić information content (AvgIpc) is 3.19. The molecular formula is C19H13ClO7. The van der Waals surface area contributed by atoms with Crippen LogP contribution < -0.4 is 4.74 Å². The molecular weight excluding hydrogens is 376 g/mol. The summed E-state index contributed by atoms with van der Waals surface area (Å²) in [5, 5.41) is 41.6. The van der Waals surface area contributed by atoms with Crippen LogP contribution in [0.25, 0.3) is 11.1 Å². The molecule has 2 bridgehead atoms. The zero-order valence-electron chi connectivity index (χ0n) is 13.6. The van der Waals surface area contributed by atoms with Gasteiger partial charge in [-0.05, 0) is 29.3 Å². The number of fused-ring (bicyclic) bond motifs is 2. The summed E-state index contributed by atoms with van der Waals surface area (Å²) in [6, 6.07) is 14.1. The summed E-state index contributed by atoms with van der Waals surface area (Å²) in [6.07, 6.45) is 0. The lowest BCUT2D eigenvalue weighted by Crippen LogP contribution is -2.52. The number of aliphatic hydroxyl groups is 3. The number of furan rings is 1. The summed E-state index contributed by atoms with van der Waals surface area (Å²) in [4.78, 5) is 11.0. The third-order valence-electron chi connectivity index (χ3n) is 4.42. The first-order chi connectivity index (χ1) is 12.8. The maximum atomic E-state index is 11.1. The van der Waals surface area contributed by atoms with Crippen LogP contribution >= 0.6 is 11.6 Å². The number of hydrogen-bond donors (Lipinski definition) is 4. The molecule has 3 aromatic rings. The van der Waals surface area contributed by atoms with Crippen LogP contribution in [-0.4, -0.2) is 26.4 Å². The van der Waals surface area contributed by atoms with Gasteiger partial charge in [0.15, 0.2) is 5.76 Å². The highest BCUT2D eigenvalue weighted by molar-refractivity contribution is 6.33. The van der Waals surface area contributed by atoms with Gasteiger partial charge in [-0.25, -0.2) is 4.79 Å². The lowest BCUT2D eigenvalue weighted by Gasteiger charge is -2.34. The van der Waals surface area contributed by atoms with E-state index in [0.29, 0.717) is 11.1 Å². The number of aromatic carboxylic acids is 1. The number of carboxylic acid groups (broad SMARTS) is 1. The maximum Gasteiger partial charge on any atom is 0.371 e. The van der Waals surface area contributed by atoms with E-state index < -0.39 is 29.1 Å². The van der Waals surface area contributed by atoms with E-state index in [2.05, 4.69) is 0 Å². The quantitative estimate of drug-likeness (QED) is 0.507. The second kappa shape index (κ2) is 5.83. The molecule has 4 N–H and O–H groups in total. The summed E-state index contributed by atoms with van der Waals surface area (Å²) < 4.78 is 10.3. The van der Waals surface area contributed by atoms with Crippen molar-refractivity contribution in [3.8, 4) is 16.9 Å². The molecule has 1 atom stereocenters. The fourth-order valence-electron chi connectivity index (χ4n) is 3.09. The minimum absolute atomic E-state index is 0.0105. The molecule has 1 aromatic heterocycles. The normalized spacial score (nSPS) is 18.4. The van der Waals surface area contributed by atoms with Crippen molar-refractivity contribution in [3.05, 3.63) is 76.7 Å². The first kappa shape index (κ1) is 17.6. The van der Waals surface area contributed by atoms with E-state index in [9.17, 15) is 20.1 Å². The Morgan fingerprint density at radius 3 is 2.37 bits per heavy atom. The van der Waals surface area contributed by atoms with E-state index >= 15 is 0 Å². The standard InChI is InChI=1S/C19H13ClO7/c20-16-12-7-6-11(10-4-2-1-3-5-10)15(16)19(25,27-12)18(23,24)14-9-8-13(26-14)17(21)22/h1-9,23-25H,(H,21,22). The molecule has 7 nitrogen and oxygen atoms in total. The monoisotopic (exact) mass is 388 g/mol. The first-order valence-electron chi connectivity index (χ1n) is 7.84. The van der Waals surface area contributed by atoms with E-state index in [0.717, 1.165) is 12.1 Å². The molecule has 4 rings (SSSR count). The van der Waals surface area contributed by atoms with Gasteiger partial charge in [0.25, 0.3) is 11.6 Å². The molecule has 0 saturated heterocycles. The molecule has 0 amide bonds. The van der Waals surface area contributed by atoms with E-state index in [1.165, 1.54) is 6.07 Å². The van der Waals surface area contributed by atoms with Crippen molar-refractivity contribution in [2.24, 2.45) is 0 Å². The van der Waals surface area contributed by atoms with Crippen LogP contribution in [0.3, 0.4) is 0 Å². The van der Waals surface area contributed by atoms with Gasteiger partial charge in [0, 0.05) is 0 Å². The number of hydrogen-bond acceptors (Lipinski definition) is 6. The summed E-state index contributed by atoms with van der Waals surface area (Å²) in [7, 11) is 0. The zero-order chi connectivity index (χ0) is 19.4. The fraction of sp³-hybridized carbons (Fsp3) is 0.105. The summed E-state index contributed by atoms with van der Waals surface area (Å²) in [5.74, 6) is -8.34. The third-order valence-corrected chi connectivity index (χ3v) is 4.80. The maximum absolute atomic E-state index is 11.1. The van der Waals surface area contributed by atoms with Gasteiger partial charge in [-0.1, -0.05) is 48.0 Å². The van der Waals surface area contributed by atoms with Crippen LogP contribution in [0.15, 0.2) is 59.0 Å². The number of carbonyl (C=O) groups is 1. The van der Waals surface area contributed by atoms with Gasteiger partial charge in [0.1, 0.15) is 5.75 Å². The Bertz CT molecular complexity index is 1040. The van der Waals surface area contributed by atoms with Gasteiger partial charge >= 0.3 is 5.97 Å². The van der Waals surface area contributed by atoms with Crippen LogP contribution in [0.1, 0.15) is 21.9 Å². The zero-order valence-corrected chi connectivity index (χ0v) is 14.3. The van der Waals surface area contributed by atoms with Gasteiger partial charge in [0.2, 0.25) is 5.76 Å². The van der Waals surface area contributed by atoms with Crippen LogP contribution in [0.5, 0.6) is 5.75 Å². The predicted octanol–water partition coefficient (Wildman–Crippen LogP) is 2.67. The number of benzene rings is 2. The molecule has 2 heterocycles. The van der Waals surface area contributed by atoms with Crippen LogP contribution in [-0.2, 0) is 11.6 Å². The number of halogens is 1. The van der Waals surface area contributed by atoms with E-state index in [1.54, 1.807) is 36.4 Å². The summed E-state index contributed by atoms with van der Waals surface area (Å²) >= 11 is 6.30. The Morgan fingerprint density at radius 1 is 1.04 bits per heavy atom. The molecule has 2 aromatic carbocycles. The summed E-state index contributed by atoms with van der Waals surface area (Å²) in [5.41, 5.74) is 1.01. The molecule has 0 aliphatic carbocycles. The molecule has 0 radical (unpaired) electrons. The smallest absolute Gasteiger partial charge is 0.371 e. The largest absolute Gasteiger partial charge is 0.475 e. The number of ether oxygens (including phenoxy) is 1. The first-order valence-corrected chi connectivity index (χ1v) is 8.21. The topological polar surface area (TPSA) is 120 Å². The number of rotatable bonds is 4. The Labute approximate surface area is 157 Å². The molecule has 1 unspecified atom stereocenters. The van der Waals surface area contributed by atoms with Crippen molar-refractivity contribution in [2.45, 2.75) is 11.6 Å². The van der Waals surface area contributed by atoms with Gasteiger partial charge in [0.05, 0.1) is 10.6 Å². The highest BCUT2D eigenvalue weighted by atomic mass is 35.5. The van der Waals surface area contributed by atoms with Crippen molar-refractivity contribution in [1.82, 2.24) is 0 Å². The molecule has 1 aliphatic rings. The SMILES string of the molecule is O=C(O)c1ccc(C(O)(O)C2(O)Oc3ccc(-c4ccccc4)c2c3Cl)o1. The minimum Gasteiger partial charge on any atom is -0.475 e. The Hall–Kier alpha value is -2.84. The second-order valence-electron chi connectivity index (χ2n) is 6.05. The van der Waals surface area contributed by atoms with Crippen LogP contribution in [0.4, 0.5) is 0 Å². The van der Waals surface area contributed by atoms with Crippen molar-refractivity contribution in [3.63, 3.8) is 0 Å². The van der Waals surface area contributed by atoms with Crippen molar-refractivity contribution >= 4 is 17.6 Å². The van der Waals surface area contributed by atoms with Crippen molar-refractivity contribution in [2.75, 3.05) is 0 Å². The third kappa shape index (κ3) is 2.44. The number of carboxylic acids is 1. The molecule has 0 saturated carbocycles. The fourth-order valence-corrected chi connectivity index (χ4v) is 3.42. The molecule has 27 heavy (non-hydrogen) atoms. The minimum atomic E-state index is -3.12. The van der Waals surface area contributed by atoms with Gasteiger partial charge in [-0.15, -0.1) is 0 Å². The molecule has 138 valence electrons. The Kier molecular flexibility index (Phi) is 3.79. The van der Waals surface area contributed by atoms with Crippen LogP contribution in [0, 0.1) is 0 Å². The predicted molar refractivity (Wildman–Crippen MR) is 93.2 cm³/mol. The van der Waals surface area contributed by atoms with Gasteiger partial charge in [-0.3, -0.25) is 0 Å². The molecule has 0 spiro atoms. The van der Waals surface area contributed by atoms with Crippen molar-refractivity contribution < 1.29 is 34.4 Å². The molecule has 8 heteroatoms. The van der Waals surface area contributed by atoms with E-state index in [-0.39, 0.29) is 16.3 Å². The second-order valence-corrected chi connectivity index (χ2v) is 6.43. The molecule has 1 aliphatic heterocycles. The van der Waals surface area contributed by atoms with Crippen molar-refractivity contribution in [1.29, 1.82) is 0 Å². The Balaban J connectivity index is 1.89.